The first-order valence-electron chi connectivity index (χ1n) is 4.00. The van der Waals surface area contributed by atoms with Gasteiger partial charge in [0.1, 0.15) is 0 Å². The zero-order valence-corrected chi connectivity index (χ0v) is 11.5. The summed E-state index contributed by atoms with van der Waals surface area (Å²) in [6, 6.07) is 0. The molecule has 0 spiro atoms. The van der Waals surface area contributed by atoms with Crippen molar-refractivity contribution in [2.75, 3.05) is 54.5 Å². The van der Waals surface area contributed by atoms with E-state index in [0.29, 0.717) is 13.1 Å². The zero-order valence-electron chi connectivity index (χ0n) is 9.93. The van der Waals surface area contributed by atoms with E-state index in [9.17, 15) is 10.2 Å². The Balaban J connectivity index is -0.0000000370. The van der Waals surface area contributed by atoms with Gasteiger partial charge < -0.3 is 31.0 Å². The van der Waals surface area contributed by atoms with Crippen molar-refractivity contribution in [3.05, 3.63) is 0 Å². The van der Waals surface area contributed by atoms with Crippen LogP contribution in [0.5, 0.6) is 0 Å². The Hall–Kier alpha value is 0.474. The average molecular weight is 258 g/mol. The fourth-order valence-electron chi connectivity index (χ4n) is 0.365. The minimum Gasteiger partial charge on any atom is -0.870 e. The van der Waals surface area contributed by atoms with Crippen molar-refractivity contribution in [3.8, 4) is 0 Å². The molecule has 0 atom stereocenters. The molecule has 6 nitrogen and oxygen atoms in total. The van der Waals surface area contributed by atoms with Gasteiger partial charge in [-0.3, -0.25) is 0 Å². The van der Waals surface area contributed by atoms with E-state index in [1.807, 2.05) is 38.0 Å². The molecule has 0 aromatic rings. The van der Waals surface area contributed by atoms with Crippen LogP contribution in [0.15, 0.2) is 0 Å². The van der Waals surface area contributed by atoms with Crippen LogP contribution in [0.25, 0.3) is 0 Å². The van der Waals surface area contributed by atoms with E-state index in [0.717, 1.165) is 0 Å². The van der Waals surface area contributed by atoms with Gasteiger partial charge in [0.05, 0.1) is 0 Å². The van der Waals surface area contributed by atoms with Crippen LogP contribution in [-0.4, -0.2) is 75.2 Å². The van der Waals surface area contributed by atoms with E-state index in [4.69, 9.17) is 0 Å². The van der Waals surface area contributed by atoms with Gasteiger partial charge in [-0.2, -0.15) is 0 Å². The predicted molar refractivity (Wildman–Crippen MR) is 50.7 cm³/mol. The third-order valence-electron chi connectivity index (χ3n) is 1.08. The molecule has 0 aliphatic carbocycles. The van der Waals surface area contributed by atoms with Crippen molar-refractivity contribution < 1.29 is 42.9 Å². The van der Waals surface area contributed by atoms with Gasteiger partial charge >= 0.3 is 21.7 Å². The second kappa shape index (κ2) is 24.0. The fourth-order valence-corrected chi connectivity index (χ4v) is 0.365. The molecule has 7 heteroatoms. The molecular weight excluding hydrogens is 236 g/mol. The summed E-state index contributed by atoms with van der Waals surface area (Å²) in [4.78, 5) is 3.74. The molecule has 0 bridgehead atoms. The molecule has 0 fully saturated rings. The number of hydrogen-bond acceptors (Lipinski definition) is 6. The Morgan fingerprint density at radius 2 is 0.933 bits per heavy atom. The topological polar surface area (TPSA) is 113 Å². The molecule has 0 saturated heterocycles. The Kier molecular flexibility index (Phi) is 47.2. The third kappa shape index (κ3) is 53.7. The molecule has 0 aliphatic heterocycles. The summed E-state index contributed by atoms with van der Waals surface area (Å²) >= 11 is 0. The molecule has 0 amide bonds. The summed E-state index contributed by atoms with van der Waals surface area (Å²) in [6.07, 6.45) is 0. The Bertz CT molecular complexity index is 77.0. The van der Waals surface area contributed by atoms with Crippen LogP contribution < -0.4 is 10.2 Å². The summed E-state index contributed by atoms with van der Waals surface area (Å²) in [5, 5.41) is 19.4. The van der Waals surface area contributed by atoms with E-state index in [2.05, 4.69) is 0 Å². The van der Waals surface area contributed by atoms with E-state index in [1.165, 1.54) is 0 Å². The van der Waals surface area contributed by atoms with Gasteiger partial charge in [0.2, 0.25) is 0 Å². The maximum Gasteiger partial charge on any atom is 4.00 e. The molecule has 0 radical (unpaired) electrons. The van der Waals surface area contributed by atoms with Crippen molar-refractivity contribution in [1.29, 1.82) is 0 Å². The fraction of sp³-hybridized carbons (Fsp3) is 1.00. The molecule has 0 rings (SSSR count). The van der Waals surface area contributed by atoms with Gasteiger partial charge in [-0.15, -0.1) is 13.2 Å². The molecule has 0 aliphatic rings. The summed E-state index contributed by atoms with van der Waals surface area (Å²) in [6.45, 7) is 1.32. The van der Waals surface area contributed by atoms with Crippen LogP contribution in [0.4, 0.5) is 0 Å². The van der Waals surface area contributed by atoms with E-state index in [-0.39, 0.29) is 45.9 Å². The molecule has 2 N–H and O–H groups in total. The first-order chi connectivity index (χ1) is 5.54. The first-order valence-corrected chi connectivity index (χ1v) is 4.00. The number of rotatable bonds is 4. The monoisotopic (exact) mass is 258 g/mol. The van der Waals surface area contributed by atoms with Gasteiger partial charge in [0.25, 0.3) is 0 Å². The maximum atomic E-state index is 9.70. The minimum atomic E-state index is 0. The van der Waals surface area contributed by atoms with Gasteiger partial charge in [-0.25, -0.2) is 0 Å². The van der Waals surface area contributed by atoms with Crippen LogP contribution in [-0.2, 0) is 21.7 Å². The normalized spacial score (nSPS) is 8.00. The van der Waals surface area contributed by atoms with Crippen LogP contribution in [0.1, 0.15) is 0 Å². The summed E-state index contributed by atoms with van der Waals surface area (Å²) in [7, 11) is 7.55. The maximum absolute atomic E-state index is 9.70. The first kappa shape index (κ1) is 29.5. The third-order valence-corrected chi connectivity index (χ3v) is 1.08. The Labute approximate surface area is 107 Å². The van der Waals surface area contributed by atoms with Gasteiger partial charge in [-0.05, 0) is 41.3 Å². The average Bonchev–Trinajstić information content (AvgIpc) is 1.87. The standard InChI is InChI=1S/2C4H10NO.2H2O.Ti/c2*1-5(2)3-4-6;;;/h2*3-4H2,1-2H3;2*1H2;/q2*-1;;;+4/p-2. The van der Waals surface area contributed by atoms with Crippen LogP contribution >= 0.6 is 0 Å². The molecule has 0 saturated carbocycles. The Morgan fingerprint density at radius 1 is 0.733 bits per heavy atom. The number of hydrogen-bond donors (Lipinski definition) is 0. The molecule has 0 aromatic heterocycles. The van der Waals surface area contributed by atoms with Crippen LogP contribution in [0.2, 0.25) is 0 Å². The quantitative estimate of drug-likeness (QED) is 0.513. The summed E-state index contributed by atoms with van der Waals surface area (Å²) < 4.78 is 0. The van der Waals surface area contributed by atoms with Gasteiger partial charge in [0, 0.05) is 0 Å². The molecule has 92 valence electrons. The summed E-state index contributed by atoms with van der Waals surface area (Å²) in [5.41, 5.74) is 0. The largest absolute Gasteiger partial charge is 4.00 e. The number of nitrogens with zero attached hydrogens (tertiary/aromatic N) is 2. The zero-order chi connectivity index (χ0) is 9.98. The molecule has 0 unspecified atom stereocenters. The van der Waals surface area contributed by atoms with E-state index in [1.54, 1.807) is 0 Å². The minimum absolute atomic E-state index is 0. The van der Waals surface area contributed by atoms with Crippen molar-refractivity contribution in [2.45, 2.75) is 0 Å². The predicted octanol–water partition coefficient (Wildman–Crippen LogP) is -2.54. The van der Waals surface area contributed by atoms with Crippen molar-refractivity contribution in [1.82, 2.24) is 9.80 Å². The van der Waals surface area contributed by atoms with Crippen molar-refractivity contribution >= 4 is 0 Å². The van der Waals surface area contributed by atoms with Crippen LogP contribution in [0.3, 0.4) is 0 Å². The van der Waals surface area contributed by atoms with E-state index >= 15 is 0 Å². The van der Waals surface area contributed by atoms with Gasteiger partial charge in [0.15, 0.2) is 0 Å². The molecule has 0 heterocycles. The Morgan fingerprint density at radius 3 is 0.933 bits per heavy atom. The SMILES string of the molecule is CN(C)CC[O-].CN(C)CC[O-].[OH-].[OH-].[Ti+4]. The second-order valence-electron chi connectivity index (χ2n) is 3.01. The van der Waals surface area contributed by atoms with Crippen molar-refractivity contribution in [2.24, 2.45) is 0 Å². The van der Waals surface area contributed by atoms with Crippen molar-refractivity contribution in [3.63, 3.8) is 0 Å². The van der Waals surface area contributed by atoms with Crippen LogP contribution in [0, 0.1) is 0 Å². The smallest absolute Gasteiger partial charge is 0.870 e. The second-order valence-corrected chi connectivity index (χ2v) is 3.01. The number of likely N-dealkylation sites (N-methyl/N-ethyl adjacent to an activating group) is 2. The molecular formula is C8H22N2O4Ti. The molecule has 15 heavy (non-hydrogen) atoms. The summed E-state index contributed by atoms with van der Waals surface area (Å²) in [5.74, 6) is 0. The molecule has 0 aromatic carbocycles. The van der Waals surface area contributed by atoms with Gasteiger partial charge in [-0.1, -0.05) is 0 Å². The van der Waals surface area contributed by atoms with E-state index < -0.39 is 0 Å².